The number of ether oxygens (including phenoxy) is 1. The van der Waals surface area contributed by atoms with Gasteiger partial charge >= 0.3 is 6.09 Å². The predicted octanol–water partition coefficient (Wildman–Crippen LogP) is 4.14. The van der Waals surface area contributed by atoms with E-state index in [2.05, 4.69) is 25.2 Å². The molecule has 4 atom stereocenters. The first kappa shape index (κ1) is 23.3. The molecule has 3 rings (SSSR count). The number of aromatic nitrogens is 1. The molecule has 2 heterocycles. The van der Waals surface area contributed by atoms with Gasteiger partial charge in [0.05, 0.1) is 11.6 Å². The Labute approximate surface area is 185 Å². The first-order chi connectivity index (χ1) is 14.6. The maximum Gasteiger partial charge on any atom is 0.410 e. The van der Waals surface area contributed by atoms with Crippen molar-refractivity contribution in [2.24, 2.45) is 13.0 Å². The fraction of sp³-hybridized carbons (Fsp3) is 0.600. The van der Waals surface area contributed by atoms with E-state index in [0.29, 0.717) is 6.54 Å². The fourth-order valence-electron chi connectivity index (χ4n) is 4.89. The molecule has 1 aromatic heterocycles. The second kappa shape index (κ2) is 9.43. The smallest absolute Gasteiger partial charge is 0.410 e. The molecule has 0 bridgehead atoms. The van der Waals surface area contributed by atoms with Gasteiger partial charge in [-0.25, -0.2) is 4.79 Å². The summed E-state index contributed by atoms with van der Waals surface area (Å²) >= 11 is 0. The fourth-order valence-corrected chi connectivity index (χ4v) is 4.89. The molecular weight excluding hydrogens is 392 g/mol. The maximum atomic E-state index is 13.0. The van der Waals surface area contributed by atoms with E-state index in [-0.39, 0.29) is 35.6 Å². The highest BCUT2D eigenvalue weighted by molar-refractivity contribution is 5.69. The Morgan fingerprint density at radius 1 is 1.32 bits per heavy atom. The SMILES string of the molecule is CC[C@@H](C1=CCC(c2ccn(C)c(=O)c2)C=C1)N1CCCC(C(C)(C)O)C(C)OC1=O. The first-order valence-electron chi connectivity index (χ1n) is 11.4. The van der Waals surface area contributed by atoms with Crippen molar-refractivity contribution in [2.45, 2.75) is 77.0 Å². The summed E-state index contributed by atoms with van der Waals surface area (Å²) in [6, 6.07) is 3.64. The lowest BCUT2D eigenvalue weighted by atomic mass is 9.82. The lowest BCUT2D eigenvalue weighted by Crippen LogP contribution is -2.48. The zero-order valence-corrected chi connectivity index (χ0v) is 19.4. The minimum atomic E-state index is -0.881. The van der Waals surface area contributed by atoms with Gasteiger partial charge in [-0.15, -0.1) is 0 Å². The highest BCUT2D eigenvalue weighted by atomic mass is 16.6. The Hall–Kier alpha value is -2.34. The molecule has 0 radical (unpaired) electrons. The molecule has 170 valence electrons. The van der Waals surface area contributed by atoms with E-state index in [1.807, 2.05) is 17.9 Å². The average Bonchev–Trinajstić information content (AvgIpc) is 2.70. The molecule has 2 aliphatic rings. The van der Waals surface area contributed by atoms with E-state index in [1.54, 1.807) is 37.7 Å². The molecule has 6 heteroatoms. The molecular formula is C25H36N2O4. The molecule has 1 aliphatic carbocycles. The number of pyridine rings is 1. The van der Waals surface area contributed by atoms with E-state index in [9.17, 15) is 14.7 Å². The Balaban J connectivity index is 1.72. The number of hydrogen-bond acceptors (Lipinski definition) is 4. The summed E-state index contributed by atoms with van der Waals surface area (Å²) < 4.78 is 7.34. The Morgan fingerprint density at radius 2 is 2.06 bits per heavy atom. The zero-order chi connectivity index (χ0) is 22.8. The van der Waals surface area contributed by atoms with Crippen molar-refractivity contribution in [2.75, 3.05) is 6.54 Å². The van der Waals surface area contributed by atoms with Gasteiger partial charge in [-0.1, -0.05) is 25.2 Å². The topological polar surface area (TPSA) is 71.8 Å². The van der Waals surface area contributed by atoms with Crippen molar-refractivity contribution in [1.29, 1.82) is 0 Å². The van der Waals surface area contributed by atoms with Crippen molar-refractivity contribution in [1.82, 2.24) is 9.47 Å². The van der Waals surface area contributed by atoms with Crippen molar-refractivity contribution >= 4 is 6.09 Å². The monoisotopic (exact) mass is 428 g/mol. The minimum absolute atomic E-state index is 0.00558. The van der Waals surface area contributed by atoms with Gasteiger partial charge in [-0.3, -0.25) is 4.79 Å². The number of amides is 1. The Bertz CT molecular complexity index is 909. The summed E-state index contributed by atoms with van der Waals surface area (Å²) in [5.41, 5.74) is 1.24. The predicted molar refractivity (Wildman–Crippen MR) is 122 cm³/mol. The molecule has 31 heavy (non-hydrogen) atoms. The number of nitrogens with zero attached hydrogens (tertiary/aromatic N) is 2. The number of aryl methyl sites for hydroxylation is 1. The van der Waals surface area contributed by atoms with Crippen LogP contribution in [0.15, 0.2) is 46.9 Å². The van der Waals surface area contributed by atoms with Gasteiger partial charge in [0.1, 0.15) is 6.10 Å². The van der Waals surface area contributed by atoms with E-state index < -0.39 is 5.60 Å². The maximum absolute atomic E-state index is 13.0. The molecule has 1 N–H and O–H groups in total. The standard InChI is InChI=1S/C25H36N2O4/c1-6-22(27-14-7-8-21(25(3,4)30)17(2)31-24(27)29)19-11-9-18(10-12-19)20-13-15-26(5)23(28)16-20/h9,11-13,15-18,21-22,30H,6-8,10,14H2,1-5H3/t17?,18?,21?,22-/m0/s1. The first-order valence-corrected chi connectivity index (χ1v) is 11.4. The number of hydrogen-bond donors (Lipinski definition) is 1. The van der Waals surface area contributed by atoms with Crippen LogP contribution < -0.4 is 5.56 Å². The molecule has 0 aromatic carbocycles. The number of aliphatic hydroxyl groups is 1. The average molecular weight is 429 g/mol. The van der Waals surface area contributed by atoms with Crippen molar-refractivity contribution < 1.29 is 14.6 Å². The summed E-state index contributed by atoms with van der Waals surface area (Å²) in [6.07, 6.45) is 10.8. The third-order valence-corrected chi connectivity index (χ3v) is 6.74. The zero-order valence-electron chi connectivity index (χ0n) is 19.4. The van der Waals surface area contributed by atoms with Gasteiger partial charge in [0, 0.05) is 37.7 Å². The van der Waals surface area contributed by atoms with Crippen molar-refractivity contribution in [3.63, 3.8) is 0 Å². The van der Waals surface area contributed by atoms with Crippen LogP contribution in [-0.4, -0.2) is 45.0 Å². The Kier molecular flexibility index (Phi) is 7.10. The number of cyclic esters (lactones) is 1. The molecule has 1 amide bonds. The van der Waals surface area contributed by atoms with Crippen LogP contribution >= 0.6 is 0 Å². The molecule has 1 aliphatic heterocycles. The van der Waals surface area contributed by atoms with Gasteiger partial charge in [0.25, 0.3) is 5.56 Å². The van der Waals surface area contributed by atoms with Crippen LogP contribution in [0.25, 0.3) is 0 Å². The third kappa shape index (κ3) is 5.29. The van der Waals surface area contributed by atoms with E-state index in [0.717, 1.165) is 36.8 Å². The number of allylic oxidation sites excluding steroid dienone is 2. The number of carbonyl (C=O) groups is 1. The Morgan fingerprint density at radius 3 is 2.65 bits per heavy atom. The van der Waals surface area contributed by atoms with Crippen molar-refractivity contribution in [3.05, 3.63) is 58.0 Å². The van der Waals surface area contributed by atoms with Gasteiger partial charge in [-0.2, -0.15) is 0 Å². The van der Waals surface area contributed by atoms with Crippen LogP contribution in [0, 0.1) is 5.92 Å². The number of carbonyl (C=O) groups excluding carboxylic acids is 1. The van der Waals surface area contributed by atoms with Gasteiger partial charge < -0.3 is 19.3 Å². The third-order valence-electron chi connectivity index (χ3n) is 6.74. The highest BCUT2D eigenvalue weighted by Gasteiger charge is 2.37. The van der Waals surface area contributed by atoms with Gasteiger partial charge in [-0.05, 0) is 63.7 Å². The van der Waals surface area contributed by atoms with Crippen molar-refractivity contribution in [3.8, 4) is 0 Å². The summed E-state index contributed by atoms with van der Waals surface area (Å²) in [6.45, 7) is 8.14. The van der Waals surface area contributed by atoms with Crippen LogP contribution in [-0.2, 0) is 11.8 Å². The van der Waals surface area contributed by atoms with Crippen LogP contribution in [0.3, 0.4) is 0 Å². The minimum Gasteiger partial charge on any atom is -0.446 e. The van der Waals surface area contributed by atoms with E-state index in [1.165, 1.54) is 0 Å². The second-order valence-corrected chi connectivity index (χ2v) is 9.42. The molecule has 3 unspecified atom stereocenters. The van der Waals surface area contributed by atoms with Crippen LogP contribution in [0.5, 0.6) is 0 Å². The molecule has 6 nitrogen and oxygen atoms in total. The molecule has 0 spiro atoms. The highest BCUT2D eigenvalue weighted by Crippen LogP contribution is 2.33. The van der Waals surface area contributed by atoms with Crippen LogP contribution in [0.1, 0.15) is 64.9 Å². The molecule has 1 fully saturated rings. The summed E-state index contributed by atoms with van der Waals surface area (Å²) in [5, 5.41) is 10.4. The van der Waals surface area contributed by atoms with Crippen LogP contribution in [0.4, 0.5) is 4.79 Å². The molecule has 1 aromatic rings. The lowest BCUT2D eigenvalue weighted by Gasteiger charge is -2.40. The second-order valence-electron chi connectivity index (χ2n) is 9.42. The molecule has 1 saturated heterocycles. The normalized spacial score (nSPS) is 26.0. The summed E-state index contributed by atoms with van der Waals surface area (Å²) in [7, 11) is 1.75. The quantitative estimate of drug-likeness (QED) is 0.765. The molecule has 0 saturated carbocycles. The summed E-state index contributed by atoms with van der Waals surface area (Å²) in [5.74, 6) is 0.0915. The summed E-state index contributed by atoms with van der Waals surface area (Å²) in [4.78, 5) is 26.8. The number of rotatable bonds is 5. The van der Waals surface area contributed by atoms with Gasteiger partial charge in [0.15, 0.2) is 0 Å². The van der Waals surface area contributed by atoms with E-state index >= 15 is 0 Å². The van der Waals surface area contributed by atoms with Gasteiger partial charge in [0.2, 0.25) is 0 Å². The lowest BCUT2D eigenvalue weighted by molar-refractivity contribution is -0.0646. The van der Waals surface area contributed by atoms with Crippen LogP contribution in [0.2, 0.25) is 0 Å². The van der Waals surface area contributed by atoms with E-state index in [4.69, 9.17) is 4.74 Å². The largest absolute Gasteiger partial charge is 0.446 e.